The van der Waals surface area contributed by atoms with Crippen LogP contribution in [0.3, 0.4) is 0 Å². The molecule has 0 radical (unpaired) electrons. The van der Waals surface area contributed by atoms with Gasteiger partial charge in [-0.1, -0.05) is 18.0 Å². The van der Waals surface area contributed by atoms with Gasteiger partial charge in [0.2, 0.25) is 0 Å². The molecule has 0 aromatic carbocycles. The van der Waals surface area contributed by atoms with Crippen molar-refractivity contribution in [1.29, 1.82) is 0 Å². The Morgan fingerprint density at radius 1 is 1.57 bits per heavy atom. The molecule has 1 heterocycles. The number of hydrogen-bond acceptors (Lipinski definition) is 2. The number of piperidine rings is 1. The van der Waals surface area contributed by atoms with Crippen molar-refractivity contribution in [3.63, 3.8) is 0 Å². The summed E-state index contributed by atoms with van der Waals surface area (Å²) in [6, 6.07) is 0.695. The average molecular weight is 217 g/mol. The highest BCUT2D eigenvalue weighted by Gasteiger charge is 2.21. The summed E-state index contributed by atoms with van der Waals surface area (Å²) in [5.74, 6) is 0. The van der Waals surface area contributed by atoms with E-state index in [1.165, 1.54) is 31.4 Å². The lowest BCUT2D eigenvalue weighted by Crippen LogP contribution is -2.45. The lowest BCUT2D eigenvalue weighted by Gasteiger charge is -2.35. The van der Waals surface area contributed by atoms with E-state index >= 15 is 0 Å². The quantitative estimate of drug-likeness (QED) is 0.775. The van der Waals surface area contributed by atoms with Gasteiger partial charge < -0.3 is 5.32 Å². The van der Waals surface area contributed by atoms with E-state index in [1.54, 1.807) is 5.54 Å². The summed E-state index contributed by atoms with van der Waals surface area (Å²) in [5.41, 5.74) is 2.96. The Hall–Kier alpha value is -0.0500. The molecule has 1 unspecified atom stereocenters. The molecule has 1 atom stereocenters. The number of nitrogens with one attached hydrogen (secondary N) is 1. The van der Waals surface area contributed by atoms with Crippen LogP contribution in [0.25, 0.3) is 0 Å². The first-order valence-corrected chi connectivity index (χ1v) is 5.86. The van der Waals surface area contributed by atoms with Gasteiger partial charge in [0.05, 0.1) is 0 Å². The van der Waals surface area contributed by atoms with Gasteiger partial charge in [0.15, 0.2) is 0 Å². The number of hydrogen-bond donors (Lipinski definition) is 1. The van der Waals surface area contributed by atoms with Crippen LogP contribution in [-0.4, -0.2) is 37.6 Å². The van der Waals surface area contributed by atoms with E-state index in [1.807, 2.05) is 7.05 Å². The highest BCUT2D eigenvalue weighted by molar-refractivity contribution is 6.25. The number of likely N-dealkylation sites (N-methyl/N-ethyl adjacent to an activating group) is 1. The zero-order chi connectivity index (χ0) is 10.4. The molecule has 1 saturated heterocycles. The van der Waals surface area contributed by atoms with Gasteiger partial charge in [-0.15, -0.1) is 0 Å². The van der Waals surface area contributed by atoms with Crippen LogP contribution in [0.1, 0.15) is 26.2 Å². The Bertz CT molecular complexity index is 190. The van der Waals surface area contributed by atoms with Crippen LogP contribution < -0.4 is 5.32 Å². The minimum Gasteiger partial charge on any atom is -0.318 e. The van der Waals surface area contributed by atoms with Crippen molar-refractivity contribution in [2.24, 2.45) is 0 Å². The topological polar surface area (TPSA) is 15.3 Å². The molecule has 1 fully saturated rings. The van der Waals surface area contributed by atoms with Gasteiger partial charge in [-0.25, -0.2) is 0 Å². The van der Waals surface area contributed by atoms with E-state index in [2.05, 4.69) is 17.1 Å². The normalized spacial score (nSPS) is 25.4. The molecule has 0 amide bonds. The van der Waals surface area contributed by atoms with E-state index in [-0.39, 0.29) is 0 Å². The highest BCUT2D eigenvalue weighted by atomic mass is 35.5. The van der Waals surface area contributed by atoms with Crippen LogP contribution in [0.2, 0.25) is 0 Å². The fourth-order valence-corrected chi connectivity index (χ4v) is 2.16. The molecular weight excluding hydrogens is 196 g/mol. The molecule has 1 rings (SSSR count). The summed E-state index contributed by atoms with van der Waals surface area (Å²) in [5, 5.41) is 3.26. The van der Waals surface area contributed by atoms with Crippen molar-refractivity contribution < 1.29 is 0 Å². The lowest BCUT2D eigenvalue weighted by molar-refractivity contribution is 0.160. The van der Waals surface area contributed by atoms with Gasteiger partial charge in [-0.3, -0.25) is 4.90 Å². The standard InChI is InChI=1S/C11H21ClN2/c1-10(7-12)9-14-6-4-3-5-11(14)8-13-2/h7,11,13H,3-6,8-9H2,1-2H3. The summed E-state index contributed by atoms with van der Waals surface area (Å²) < 4.78 is 0. The molecule has 0 aromatic rings. The Morgan fingerprint density at radius 3 is 3.00 bits per heavy atom. The molecule has 2 nitrogen and oxygen atoms in total. The fourth-order valence-electron chi connectivity index (χ4n) is 2.09. The molecule has 0 spiro atoms. The Labute approximate surface area is 92.3 Å². The van der Waals surface area contributed by atoms with Crippen molar-refractivity contribution >= 4 is 11.6 Å². The Kier molecular flexibility index (Phi) is 5.53. The van der Waals surface area contributed by atoms with Gasteiger partial charge in [0, 0.05) is 24.7 Å². The largest absolute Gasteiger partial charge is 0.318 e. The fraction of sp³-hybridized carbons (Fsp3) is 0.818. The maximum absolute atomic E-state index is 5.69. The predicted octanol–water partition coefficient (Wildman–Crippen LogP) is 2.20. The van der Waals surface area contributed by atoms with Crippen LogP contribution in [0.4, 0.5) is 0 Å². The number of halogens is 1. The highest BCUT2D eigenvalue weighted by Crippen LogP contribution is 2.17. The van der Waals surface area contributed by atoms with Gasteiger partial charge >= 0.3 is 0 Å². The summed E-state index contributed by atoms with van der Waals surface area (Å²) in [7, 11) is 2.02. The van der Waals surface area contributed by atoms with E-state index in [4.69, 9.17) is 11.6 Å². The zero-order valence-corrected chi connectivity index (χ0v) is 9.98. The van der Waals surface area contributed by atoms with Crippen LogP contribution in [0.5, 0.6) is 0 Å². The van der Waals surface area contributed by atoms with E-state index < -0.39 is 0 Å². The average Bonchev–Trinajstić information content (AvgIpc) is 2.21. The van der Waals surface area contributed by atoms with E-state index in [0.29, 0.717) is 6.04 Å². The zero-order valence-electron chi connectivity index (χ0n) is 9.22. The van der Waals surface area contributed by atoms with Crippen molar-refractivity contribution in [3.8, 4) is 0 Å². The molecule has 1 aliphatic heterocycles. The van der Waals surface area contributed by atoms with Gasteiger partial charge in [-0.05, 0) is 38.9 Å². The third-order valence-corrected chi connectivity index (χ3v) is 3.20. The molecule has 0 bridgehead atoms. The SMILES string of the molecule is CNCC1CCCCN1CC(C)=CCl. The second-order valence-electron chi connectivity index (χ2n) is 4.13. The Morgan fingerprint density at radius 2 is 2.36 bits per heavy atom. The lowest BCUT2D eigenvalue weighted by atomic mass is 10.0. The van der Waals surface area contributed by atoms with Gasteiger partial charge in [0.25, 0.3) is 0 Å². The van der Waals surface area contributed by atoms with E-state index in [9.17, 15) is 0 Å². The third-order valence-electron chi connectivity index (χ3n) is 2.83. The number of rotatable bonds is 4. The minimum atomic E-state index is 0.695. The molecule has 0 aromatic heterocycles. The first-order valence-electron chi connectivity index (χ1n) is 5.42. The Balaban J connectivity index is 2.45. The third kappa shape index (κ3) is 3.60. The van der Waals surface area contributed by atoms with Crippen LogP contribution in [0, 0.1) is 0 Å². The molecule has 1 aliphatic rings. The summed E-state index contributed by atoms with van der Waals surface area (Å²) in [6.45, 7) is 5.43. The van der Waals surface area contributed by atoms with Crippen molar-refractivity contribution in [3.05, 3.63) is 11.1 Å². The van der Waals surface area contributed by atoms with Crippen molar-refractivity contribution in [1.82, 2.24) is 10.2 Å². The molecule has 14 heavy (non-hydrogen) atoms. The maximum atomic E-state index is 5.69. The summed E-state index contributed by atoms with van der Waals surface area (Å²) >= 11 is 5.69. The van der Waals surface area contributed by atoms with E-state index in [0.717, 1.165) is 13.1 Å². The van der Waals surface area contributed by atoms with Gasteiger partial charge in [0.1, 0.15) is 0 Å². The van der Waals surface area contributed by atoms with Crippen molar-refractivity contribution in [2.75, 3.05) is 26.7 Å². The van der Waals surface area contributed by atoms with Crippen molar-refractivity contribution in [2.45, 2.75) is 32.2 Å². The molecule has 0 aliphatic carbocycles. The van der Waals surface area contributed by atoms with Crippen LogP contribution >= 0.6 is 11.6 Å². The summed E-state index contributed by atoms with van der Waals surface area (Å²) in [4.78, 5) is 2.54. The molecule has 0 saturated carbocycles. The predicted molar refractivity (Wildman–Crippen MR) is 62.7 cm³/mol. The van der Waals surface area contributed by atoms with Crippen LogP contribution in [-0.2, 0) is 0 Å². The number of likely N-dealkylation sites (tertiary alicyclic amines) is 1. The molecule has 82 valence electrons. The number of nitrogens with zero attached hydrogens (tertiary/aromatic N) is 1. The molecule has 3 heteroatoms. The second-order valence-corrected chi connectivity index (χ2v) is 4.35. The monoisotopic (exact) mass is 216 g/mol. The maximum Gasteiger partial charge on any atom is 0.0223 e. The van der Waals surface area contributed by atoms with Gasteiger partial charge in [-0.2, -0.15) is 0 Å². The first-order chi connectivity index (χ1) is 6.77. The summed E-state index contributed by atoms with van der Waals surface area (Å²) in [6.07, 6.45) is 4.01. The molecule has 1 N–H and O–H groups in total. The first kappa shape index (κ1) is 12.0. The van der Waals surface area contributed by atoms with Crippen LogP contribution in [0.15, 0.2) is 11.1 Å². The minimum absolute atomic E-state index is 0.695. The smallest absolute Gasteiger partial charge is 0.0223 e. The second kappa shape index (κ2) is 6.44. The molecular formula is C11H21ClN2.